The molecule has 1 amide bonds. The lowest BCUT2D eigenvalue weighted by molar-refractivity contribution is -0.262. The lowest BCUT2D eigenvalue weighted by Gasteiger charge is -2.68. The first-order valence-electron chi connectivity index (χ1n) is 9.47. The minimum atomic E-state index is -1.10. The van der Waals surface area contributed by atoms with Gasteiger partial charge in [-0.25, -0.2) is 0 Å². The van der Waals surface area contributed by atoms with Crippen molar-refractivity contribution in [2.45, 2.75) is 78.7 Å². The van der Waals surface area contributed by atoms with Crippen molar-refractivity contribution >= 4 is 6.09 Å². The number of rotatable bonds is 4. The van der Waals surface area contributed by atoms with Crippen molar-refractivity contribution in [3.8, 4) is 0 Å². The first kappa shape index (κ1) is 18.6. The summed E-state index contributed by atoms with van der Waals surface area (Å²) >= 11 is 0. The molecular formula is C19H35N2O2-. The van der Waals surface area contributed by atoms with E-state index in [9.17, 15) is 9.90 Å². The largest absolute Gasteiger partial charge is 0.530 e. The van der Waals surface area contributed by atoms with E-state index in [1.807, 2.05) is 0 Å². The van der Waals surface area contributed by atoms with Gasteiger partial charge in [-0.05, 0) is 74.3 Å². The maximum absolute atomic E-state index is 11.8. The van der Waals surface area contributed by atoms with Crippen LogP contribution in [0.25, 0.3) is 0 Å². The number of carboxylic acid groups (broad SMARTS) is 1. The third-order valence-corrected chi connectivity index (χ3v) is 7.84. The molecule has 0 aromatic heterocycles. The molecule has 134 valence electrons. The Bertz CT molecular complexity index is 435. The predicted molar refractivity (Wildman–Crippen MR) is 92.1 cm³/mol. The Morgan fingerprint density at radius 2 is 1.78 bits per heavy atom. The molecule has 1 aliphatic heterocycles. The summed E-state index contributed by atoms with van der Waals surface area (Å²) in [6.45, 7) is 13.4. The minimum absolute atomic E-state index is 0.0215. The Morgan fingerprint density at radius 1 is 1.17 bits per heavy atom. The number of nitrogens with one attached hydrogen (secondary N) is 2. The molecule has 0 aromatic carbocycles. The van der Waals surface area contributed by atoms with Gasteiger partial charge in [0.05, 0.1) is 5.54 Å². The third-order valence-electron chi connectivity index (χ3n) is 7.84. The Labute approximate surface area is 141 Å². The highest BCUT2D eigenvalue weighted by Gasteiger charge is 2.64. The Hall–Kier alpha value is -0.770. The van der Waals surface area contributed by atoms with Gasteiger partial charge in [0, 0.05) is 0 Å². The SMILES string of the molecule is CCC1(C)CCC(C)C(C)(CC)C1(NC(=O)[O-])C1CCNCC1. The Morgan fingerprint density at radius 3 is 2.26 bits per heavy atom. The van der Waals surface area contributed by atoms with Crippen molar-refractivity contribution < 1.29 is 9.90 Å². The van der Waals surface area contributed by atoms with Crippen LogP contribution in [0, 0.1) is 22.7 Å². The van der Waals surface area contributed by atoms with Crippen LogP contribution < -0.4 is 15.7 Å². The van der Waals surface area contributed by atoms with Crippen LogP contribution in [-0.2, 0) is 0 Å². The lowest BCUT2D eigenvalue weighted by Crippen LogP contribution is -2.76. The van der Waals surface area contributed by atoms with Gasteiger partial charge in [-0.3, -0.25) is 0 Å². The highest BCUT2D eigenvalue weighted by atomic mass is 16.4. The van der Waals surface area contributed by atoms with E-state index in [0.717, 1.165) is 45.2 Å². The smallest absolute Gasteiger partial charge is 0.134 e. The molecule has 2 fully saturated rings. The second kappa shape index (κ2) is 6.62. The van der Waals surface area contributed by atoms with E-state index in [4.69, 9.17) is 0 Å². The van der Waals surface area contributed by atoms with Crippen molar-refractivity contribution in [2.24, 2.45) is 22.7 Å². The molecule has 2 rings (SSSR count). The minimum Gasteiger partial charge on any atom is -0.530 e. The second-order valence-corrected chi connectivity index (χ2v) is 8.37. The highest BCUT2D eigenvalue weighted by Crippen LogP contribution is 2.63. The normalized spacial score (nSPS) is 42.4. The van der Waals surface area contributed by atoms with Gasteiger partial charge in [-0.2, -0.15) is 0 Å². The molecule has 4 atom stereocenters. The van der Waals surface area contributed by atoms with Crippen molar-refractivity contribution in [3.05, 3.63) is 0 Å². The summed E-state index contributed by atoms with van der Waals surface area (Å²) in [5.74, 6) is 0.883. The van der Waals surface area contributed by atoms with Gasteiger partial charge in [-0.1, -0.05) is 34.6 Å². The molecule has 0 radical (unpaired) electrons. The van der Waals surface area contributed by atoms with E-state index < -0.39 is 11.6 Å². The van der Waals surface area contributed by atoms with Gasteiger partial charge in [0.1, 0.15) is 6.09 Å². The topological polar surface area (TPSA) is 64.2 Å². The second-order valence-electron chi connectivity index (χ2n) is 8.37. The van der Waals surface area contributed by atoms with Crippen LogP contribution >= 0.6 is 0 Å². The molecule has 0 spiro atoms. The van der Waals surface area contributed by atoms with E-state index in [-0.39, 0.29) is 10.8 Å². The van der Waals surface area contributed by atoms with E-state index in [0.29, 0.717) is 11.8 Å². The van der Waals surface area contributed by atoms with Crippen molar-refractivity contribution in [2.75, 3.05) is 13.1 Å². The summed E-state index contributed by atoms with van der Waals surface area (Å²) in [6.07, 6.45) is 5.24. The lowest BCUT2D eigenvalue weighted by atomic mass is 9.42. The van der Waals surface area contributed by atoms with Crippen LogP contribution in [0.15, 0.2) is 0 Å². The van der Waals surface area contributed by atoms with Gasteiger partial charge in [0.25, 0.3) is 0 Å². The molecule has 4 unspecified atom stereocenters. The predicted octanol–water partition coefficient (Wildman–Crippen LogP) is 2.92. The number of amides is 1. The van der Waals surface area contributed by atoms with Gasteiger partial charge in [-0.15, -0.1) is 0 Å². The summed E-state index contributed by atoms with van der Waals surface area (Å²) in [7, 11) is 0. The molecule has 4 nitrogen and oxygen atoms in total. The summed E-state index contributed by atoms with van der Waals surface area (Å²) in [5, 5.41) is 18.3. The van der Waals surface area contributed by atoms with Gasteiger partial charge in [0.15, 0.2) is 0 Å². The fraction of sp³-hybridized carbons (Fsp3) is 0.947. The average Bonchev–Trinajstić information content (AvgIpc) is 2.55. The van der Waals surface area contributed by atoms with Crippen LogP contribution in [0.1, 0.15) is 73.1 Å². The molecule has 1 saturated carbocycles. The molecule has 23 heavy (non-hydrogen) atoms. The Kier molecular flexibility index (Phi) is 5.34. The molecule has 2 N–H and O–H groups in total. The van der Waals surface area contributed by atoms with Gasteiger partial charge < -0.3 is 20.5 Å². The molecule has 1 saturated heterocycles. The third kappa shape index (κ3) is 2.67. The molecule has 2 aliphatic rings. The summed E-state index contributed by atoms with van der Waals surface area (Å²) in [4.78, 5) is 11.8. The molecule has 0 bridgehead atoms. The number of piperidine rings is 1. The van der Waals surface area contributed by atoms with E-state index >= 15 is 0 Å². The molecule has 1 aliphatic carbocycles. The van der Waals surface area contributed by atoms with Crippen LogP contribution in [0.2, 0.25) is 0 Å². The monoisotopic (exact) mass is 323 g/mol. The number of hydrogen-bond acceptors (Lipinski definition) is 3. The zero-order valence-corrected chi connectivity index (χ0v) is 15.6. The zero-order chi connectivity index (χ0) is 17.3. The fourth-order valence-corrected chi connectivity index (χ4v) is 5.98. The standard InChI is InChI=1S/C19H36N2O2/c1-6-17(4)11-8-14(3)18(5,7-2)19(17,21-16(22)23)15-9-12-20-13-10-15/h14-15,20-21H,6-13H2,1-5H3,(H,22,23)/p-1. The molecule has 1 heterocycles. The van der Waals surface area contributed by atoms with E-state index in [1.165, 1.54) is 6.42 Å². The van der Waals surface area contributed by atoms with Crippen LogP contribution in [0.3, 0.4) is 0 Å². The van der Waals surface area contributed by atoms with Crippen LogP contribution in [0.4, 0.5) is 4.79 Å². The van der Waals surface area contributed by atoms with E-state index in [1.54, 1.807) is 0 Å². The molecule has 4 heteroatoms. The van der Waals surface area contributed by atoms with Crippen LogP contribution in [-0.4, -0.2) is 24.7 Å². The van der Waals surface area contributed by atoms with Crippen molar-refractivity contribution in [1.29, 1.82) is 0 Å². The van der Waals surface area contributed by atoms with Crippen molar-refractivity contribution in [3.63, 3.8) is 0 Å². The number of carbonyl (C=O) groups is 1. The summed E-state index contributed by atoms with van der Waals surface area (Å²) in [6, 6.07) is 0. The van der Waals surface area contributed by atoms with Crippen molar-refractivity contribution in [1.82, 2.24) is 10.6 Å². The first-order chi connectivity index (χ1) is 10.8. The average molecular weight is 324 g/mol. The highest BCUT2D eigenvalue weighted by molar-refractivity contribution is 5.64. The number of carbonyl (C=O) groups excluding carboxylic acids is 1. The fourth-order valence-electron chi connectivity index (χ4n) is 5.98. The number of hydrogen-bond donors (Lipinski definition) is 2. The molecular weight excluding hydrogens is 288 g/mol. The zero-order valence-electron chi connectivity index (χ0n) is 15.6. The van der Waals surface area contributed by atoms with Gasteiger partial charge >= 0.3 is 0 Å². The summed E-state index contributed by atoms with van der Waals surface area (Å²) in [5.41, 5.74) is -0.466. The van der Waals surface area contributed by atoms with Crippen LogP contribution in [0.5, 0.6) is 0 Å². The molecule has 0 aromatic rings. The van der Waals surface area contributed by atoms with Gasteiger partial charge in [0.2, 0.25) is 0 Å². The maximum atomic E-state index is 11.8. The van der Waals surface area contributed by atoms with E-state index in [2.05, 4.69) is 45.3 Å². The maximum Gasteiger partial charge on any atom is 0.134 e. The summed E-state index contributed by atoms with van der Waals surface area (Å²) < 4.78 is 0. The quantitative estimate of drug-likeness (QED) is 0.836. The first-order valence-corrected chi connectivity index (χ1v) is 9.47. The Balaban J connectivity index is 2.63.